The molecule has 0 aliphatic heterocycles. The fourth-order valence-corrected chi connectivity index (χ4v) is 2.39. The fourth-order valence-electron chi connectivity index (χ4n) is 2.08. The van der Waals surface area contributed by atoms with Crippen LogP contribution in [0.1, 0.15) is 5.56 Å². The zero-order valence-electron chi connectivity index (χ0n) is 12.6. The number of hydrogen-bond acceptors (Lipinski definition) is 5. The summed E-state index contributed by atoms with van der Waals surface area (Å²) in [7, 11) is 1.36. The van der Waals surface area contributed by atoms with Crippen LogP contribution in [0.4, 0.5) is 0 Å². The maximum atomic E-state index is 11.2. The Bertz CT molecular complexity index is 898. The van der Waals surface area contributed by atoms with Gasteiger partial charge in [-0.2, -0.15) is 0 Å². The Hall–Kier alpha value is -2.37. The molecule has 3 rings (SSSR count). The Morgan fingerprint density at radius 3 is 2.42 bits per heavy atom. The maximum absolute atomic E-state index is 11.2. The minimum atomic E-state index is -0.292. The number of hydrogen-bond donors (Lipinski definition) is 0. The summed E-state index contributed by atoms with van der Waals surface area (Å²) in [5, 5.41) is 0.830. The molecule has 3 aromatic rings. The Labute approximate surface area is 148 Å². The Kier molecular flexibility index (Phi) is 4.83. The number of aromatic nitrogens is 2. The maximum Gasteiger partial charge on any atom is 0.309 e. The molecule has 0 aliphatic carbocycles. The molecule has 0 aliphatic rings. The molecule has 0 N–H and O–H groups in total. The molecule has 122 valence electrons. The first-order valence-electron chi connectivity index (χ1n) is 7.00. The Morgan fingerprint density at radius 2 is 1.75 bits per heavy atom. The van der Waals surface area contributed by atoms with Crippen molar-refractivity contribution in [2.24, 2.45) is 0 Å². The molecule has 0 unspecified atom stereocenters. The summed E-state index contributed by atoms with van der Waals surface area (Å²) in [4.78, 5) is 19.9. The van der Waals surface area contributed by atoms with Crippen molar-refractivity contribution >= 4 is 40.2 Å². The highest BCUT2D eigenvalue weighted by Crippen LogP contribution is 2.28. The molecule has 0 saturated heterocycles. The average molecular weight is 363 g/mol. The highest BCUT2D eigenvalue weighted by molar-refractivity contribution is 6.42. The van der Waals surface area contributed by atoms with E-state index in [1.807, 2.05) is 0 Å². The number of rotatable bonds is 4. The fraction of sp³-hybridized carbons (Fsp3) is 0.118. The molecule has 24 heavy (non-hydrogen) atoms. The van der Waals surface area contributed by atoms with Crippen molar-refractivity contribution in [2.45, 2.75) is 6.42 Å². The van der Waals surface area contributed by atoms with Gasteiger partial charge in [-0.15, -0.1) is 0 Å². The summed E-state index contributed by atoms with van der Waals surface area (Å²) in [6.45, 7) is 0. The summed E-state index contributed by atoms with van der Waals surface area (Å²) >= 11 is 11.9. The molecular weight excluding hydrogens is 351 g/mol. The standard InChI is InChI=1S/C17H12Cl2N2O3/c1-23-17(22)6-10-2-4-11(5-3-10)24-16-9-20-14-7-12(18)13(19)8-15(14)21-16/h2-5,7-9H,6H2,1H3. The zero-order valence-corrected chi connectivity index (χ0v) is 14.1. The lowest BCUT2D eigenvalue weighted by Gasteiger charge is -2.07. The summed E-state index contributed by atoms with van der Waals surface area (Å²) in [6, 6.07) is 10.4. The van der Waals surface area contributed by atoms with Crippen molar-refractivity contribution in [3.8, 4) is 11.6 Å². The van der Waals surface area contributed by atoms with Crippen LogP contribution in [-0.4, -0.2) is 23.0 Å². The quantitative estimate of drug-likeness (QED) is 0.641. The summed E-state index contributed by atoms with van der Waals surface area (Å²) in [5.74, 6) is 0.624. The van der Waals surface area contributed by atoms with Gasteiger partial charge in [-0.3, -0.25) is 4.79 Å². The predicted octanol–water partition coefficient (Wildman–Crippen LogP) is 4.44. The summed E-state index contributed by atoms with van der Waals surface area (Å²) in [5.41, 5.74) is 2.05. The van der Waals surface area contributed by atoms with Gasteiger partial charge in [0.05, 0.1) is 40.8 Å². The second kappa shape index (κ2) is 7.03. The van der Waals surface area contributed by atoms with Gasteiger partial charge >= 0.3 is 5.97 Å². The van der Waals surface area contributed by atoms with Gasteiger partial charge in [-0.1, -0.05) is 35.3 Å². The van der Waals surface area contributed by atoms with Crippen LogP contribution in [0.15, 0.2) is 42.6 Å². The van der Waals surface area contributed by atoms with E-state index in [9.17, 15) is 4.79 Å². The van der Waals surface area contributed by atoms with Crippen LogP contribution in [0.3, 0.4) is 0 Å². The third-order valence-corrected chi connectivity index (χ3v) is 4.01. The molecule has 0 bridgehead atoms. The first-order valence-corrected chi connectivity index (χ1v) is 7.76. The van der Waals surface area contributed by atoms with E-state index in [0.717, 1.165) is 5.56 Å². The second-order valence-corrected chi connectivity index (χ2v) is 5.78. The molecule has 1 heterocycles. The van der Waals surface area contributed by atoms with Crippen molar-refractivity contribution in [3.63, 3.8) is 0 Å². The highest BCUT2D eigenvalue weighted by atomic mass is 35.5. The second-order valence-electron chi connectivity index (χ2n) is 4.96. The number of esters is 1. The van der Waals surface area contributed by atoms with E-state index in [4.69, 9.17) is 27.9 Å². The minimum Gasteiger partial charge on any atom is -0.469 e. The first kappa shape index (κ1) is 16.5. The molecule has 2 aromatic carbocycles. The van der Waals surface area contributed by atoms with Crippen molar-refractivity contribution in [1.29, 1.82) is 0 Å². The predicted molar refractivity (Wildman–Crippen MR) is 91.8 cm³/mol. The molecule has 0 amide bonds. The normalized spacial score (nSPS) is 10.6. The van der Waals surface area contributed by atoms with Gasteiger partial charge in [0, 0.05) is 0 Å². The molecule has 0 atom stereocenters. The van der Waals surface area contributed by atoms with E-state index in [-0.39, 0.29) is 12.4 Å². The van der Waals surface area contributed by atoms with Gasteiger partial charge in [-0.05, 0) is 29.8 Å². The summed E-state index contributed by atoms with van der Waals surface area (Å²) < 4.78 is 10.3. The largest absolute Gasteiger partial charge is 0.469 e. The molecule has 0 saturated carbocycles. The van der Waals surface area contributed by atoms with Gasteiger partial charge < -0.3 is 9.47 Å². The Morgan fingerprint density at radius 1 is 1.08 bits per heavy atom. The molecule has 0 radical (unpaired) electrons. The number of methoxy groups -OCH3 is 1. The van der Waals surface area contributed by atoms with Crippen molar-refractivity contribution < 1.29 is 14.3 Å². The number of halogens is 2. The lowest BCUT2D eigenvalue weighted by molar-refractivity contribution is -0.139. The van der Waals surface area contributed by atoms with E-state index in [1.54, 1.807) is 36.4 Å². The Balaban J connectivity index is 1.79. The van der Waals surface area contributed by atoms with Gasteiger partial charge in [0.1, 0.15) is 5.75 Å². The van der Waals surface area contributed by atoms with E-state index < -0.39 is 0 Å². The van der Waals surface area contributed by atoms with Gasteiger partial charge in [0.15, 0.2) is 0 Å². The van der Waals surface area contributed by atoms with E-state index in [1.165, 1.54) is 13.3 Å². The van der Waals surface area contributed by atoms with E-state index in [2.05, 4.69) is 14.7 Å². The van der Waals surface area contributed by atoms with Crippen LogP contribution < -0.4 is 4.74 Å². The van der Waals surface area contributed by atoms with Crippen LogP contribution in [0.25, 0.3) is 11.0 Å². The number of benzene rings is 2. The molecule has 0 fully saturated rings. The van der Waals surface area contributed by atoms with E-state index in [0.29, 0.717) is 32.7 Å². The molecule has 7 heteroatoms. The SMILES string of the molecule is COC(=O)Cc1ccc(Oc2cnc3cc(Cl)c(Cl)cc3n2)cc1. The van der Waals surface area contributed by atoms with E-state index >= 15 is 0 Å². The zero-order chi connectivity index (χ0) is 17.1. The van der Waals surface area contributed by atoms with Gasteiger partial charge in [0.2, 0.25) is 5.88 Å². The average Bonchev–Trinajstić information content (AvgIpc) is 2.58. The molecule has 1 aromatic heterocycles. The lowest BCUT2D eigenvalue weighted by Crippen LogP contribution is -2.04. The van der Waals surface area contributed by atoms with Crippen molar-refractivity contribution in [1.82, 2.24) is 9.97 Å². The summed E-state index contributed by atoms with van der Waals surface area (Å²) in [6.07, 6.45) is 1.72. The number of ether oxygens (including phenoxy) is 2. The molecule has 0 spiro atoms. The third-order valence-electron chi connectivity index (χ3n) is 3.28. The van der Waals surface area contributed by atoms with Crippen molar-refractivity contribution in [2.75, 3.05) is 7.11 Å². The van der Waals surface area contributed by atoms with Crippen LogP contribution in [0.5, 0.6) is 11.6 Å². The van der Waals surface area contributed by atoms with Gasteiger partial charge in [0.25, 0.3) is 0 Å². The molecule has 5 nitrogen and oxygen atoms in total. The lowest BCUT2D eigenvalue weighted by atomic mass is 10.1. The van der Waals surface area contributed by atoms with Gasteiger partial charge in [-0.25, -0.2) is 9.97 Å². The van der Waals surface area contributed by atoms with Crippen LogP contribution in [0.2, 0.25) is 10.0 Å². The topological polar surface area (TPSA) is 61.3 Å². The highest BCUT2D eigenvalue weighted by Gasteiger charge is 2.07. The third kappa shape index (κ3) is 3.75. The molecular formula is C17H12Cl2N2O3. The van der Waals surface area contributed by atoms with Crippen LogP contribution >= 0.6 is 23.2 Å². The van der Waals surface area contributed by atoms with Crippen molar-refractivity contribution in [3.05, 3.63) is 58.2 Å². The van der Waals surface area contributed by atoms with Crippen LogP contribution in [-0.2, 0) is 16.0 Å². The minimum absolute atomic E-state index is 0.214. The first-order chi connectivity index (χ1) is 11.5. The van der Waals surface area contributed by atoms with Crippen LogP contribution in [0, 0.1) is 0 Å². The number of carbonyl (C=O) groups excluding carboxylic acids is 1. The number of nitrogens with zero attached hydrogens (tertiary/aromatic N) is 2. The monoisotopic (exact) mass is 362 g/mol. The number of fused-ring (bicyclic) bond motifs is 1. The number of carbonyl (C=O) groups is 1. The smallest absolute Gasteiger partial charge is 0.309 e.